The Morgan fingerprint density at radius 3 is 2.80 bits per heavy atom. The molecule has 0 fully saturated rings. The van der Waals surface area contributed by atoms with Crippen molar-refractivity contribution in [3.8, 4) is 11.5 Å². The Kier molecular flexibility index (Phi) is 6.88. The fraction of sp³-hybridized carbons (Fsp3) is 0.353. The molecule has 2 aromatic rings. The number of rotatable bonds is 9. The fourth-order valence-corrected chi connectivity index (χ4v) is 2.83. The Bertz CT molecular complexity index is 758. The molecule has 0 amide bonds. The summed E-state index contributed by atoms with van der Waals surface area (Å²) in [5.41, 5.74) is 0.693. The second-order valence-electron chi connectivity index (χ2n) is 5.07. The second-order valence-corrected chi connectivity index (χ2v) is 6.08. The standard InChI is InChI=1S/C17H21N3O4S/c1-4-6-15-18-17(20-19-15)25-14(16(21)22)10-11-7-8-12(23-3)13(9-11)24-5-2/h7-10H,4-6H2,1-3H3,(H,21,22)(H,18,19,20)/b14-10-. The largest absolute Gasteiger partial charge is 0.493 e. The molecule has 1 aromatic heterocycles. The summed E-state index contributed by atoms with van der Waals surface area (Å²) in [4.78, 5) is 16.0. The third-order valence-corrected chi connectivity index (χ3v) is 4.07. The summed E-state index contributed by atoms with van der Waals surface area (Å²) in [5, 5.41) is 16.7. The number of benzene rings is 1. The number of carbonyl (C=O) groups is 1. The van der Waals surface area contributed by atoms with Crippen molar-refractivity contribution in [1.82, 2.24) is 15.2 Å². The predicted molar refractivity (Wildman–Crippen MR) is 96.0 cm³/mol. The Morgan fingerprint density at radius 1 is 1.36 bits per heavy atom. The van der Waals surface area contributed by atoms with E-state index in [4.69, 9.17) is 9.47 Å². The zero-order valence-corrected chi connectivity index (χ0v) is 15.2. The van der Waals surface area contributed by atoms with E-state index < -0.39 is 5.97 Å². The molecule has 0 atom stereocenters. The van der Waals surface area contributed by atoms with E-state index in [1.54, 1.807) is 31.4 Å². The number of carboxylic acids is 1. The van der Waals surface area contributed by atoms with Crippen LogP contribution in [0, 0.1) is 0 Å². The van der Waals surface area contributed by atoms with Gasteiger partial charge in [-0.3, -0.25) is 5.10 Å². The molecular weight excluding hydrogens is 342 g/mol. The van der Waals surface area contributed by atoms with Gasteiger partial charge in [0.2, 0.25) is 5.16 Å². The lowest BCUT2D eigenvalue weighted by atomic mass is 10.2. The highest BCUT2D eigenvalue weighted by Crippen LogP contribution is 2.31. The number of nitrogens with one attached hydrogen (secondary N) is 1. The molecule has 25 heavy (non-hydrogen) atoms. The van der Waals surface area contributed by atoms with Crippen molar-refractivity contribution >= 4 is 23.8 Å². The van der Waals surface area contributed by atoms with Gasteiger partial charge in [-0.1, -0.05) is 13.0 Å². The maximum absolute atomic E-state index is 11.6. The average molecular weight is 363 g/mol. The molecule has 0 aliphatic carbocycles. The molecule has 2 N–H and O–H groups in total. The second kappa shape index (κ2) is 9.12. The van der Waals surface area contributed by atoms with Crippen LogP contribution in [0.5, 0.6) is 11.5 Å². The molecule has 7 nitrogen and oxygen atoms in total. The van der Waals surface area contributed by atoms with E-state index in [1.807, 2.05) is 13.8 Å². The molecule has 1 aromatic carbocycles. The van der Waals surface area contributed by atoms with Crippen molar-refractivity contribution in [1.29, 1.82) is 0 Å². The number of aromatic amines is 1. The van der Waals surface area contributed by atoms with Crippen LogP contribution in [-0.4, -0.2) is 40.0 Å². The number of aromatic nitrogens is 3. The highest BCUT2D eigenvalue weighted by atomic mass is 32.2. The summed E-state index contributed by atoms with van der Waals surface area (Å²) in [7, 11) is 1.56. The molecule has 2 rings (SSSR count). The van der Waals surface area contributed by atoms with Gasteiger partial charge in [0.15, 0.2) is 11.5 Å². The number of hydrogen-bond acceptors (Lipinski definition) is 6. The van der Waals surface area contributed by atoms with E-state index >= 15 is 0 Å². The van der Waals surface area contributed by atoms with Gasteiger partial charge in [-0.15, -0.1) is 5.10 Å². The number of ether oxygens (including phenoxy) is 2. The lowest BCUT2D eigenvalue weighted by Gasteiger charge is -2.10. The molecule has 0 saturated carbocycles. The zero-order chi connectivity index (χ0) is 18.2. The molecule has 0 bridgehead atoms. The zero-order valence-electron chi connectivity index (χ0n) is 14.4. The van der Waals surface area contributed by atoms with E-state index in [9.17, 15) is 9.90 Å². The third-order valence-electron chi connectivity index (χ3n) is 3.20. The molecule has 0 unspecified atom stereocenters. The Hall–Kier alpha value is -2.48. The summed E-state index contributed by atoms with van der Waals surface area (Å²) in [5.74, 6) is 0.872. The van der Waals surface area contributed by atoms with E-state index in [1.165, 1.54) is 0 Å². The Labute approximate surface area is 150 Å². The van der Waals surface area contributed by atoms with Gasteiger partial charge in [-0.2, -0.15) is 0 Å². The van der Waals surface area contributed by atoms with Crippen molar-refractivity contribution in [3.05, 3.63) is 34.5 Å². The molecule has 0 saturated heterocycles. The number of aliphatic carboxylic acids is 1. The first-order valence-corrected chi connectivity index (χ1v) is 8.74. The Balaban J connectivity index is 2.26. The molecule has 134 valence electrons. The molecule has 0 aliphatic heterocycles. The quantitative estimate of drug-likeness (QED) is 0.520. The summed E-state index contributed by atoms with van der Waals surface area (Å²) in [6.07, 6.45) is 3.27. The van der Waals surface area contributed by atoms with Crippen LogP contribution in [0.15, 0.2) is 28.3 Å². The number of carboxylic acid groups (broad SMARTS) is 1. The third kappa shape index (κ3) is 5.25. The predicted octanol–water partition coefficient (Wildman–Crippen LogP) is 3.38. The highest BCUT2D eigenvalue weighted by Gasteiger charge is 2.14. The number of methoxy groups -OCH3 is 1. The van der Waals surface area contributed by atoms with E-state index in [0.29, 0.717) is 28.8 Å². The van der Waals surface area contributed by atoms with Gasteiger partial charge in [-0.25, -0.2) is 9.78 Å². The minimum Gasteiger partial charge on any atom is -0.493 e. The highest BCUT2D eigenvalue weighted by molar-refractivity contribution is 8.04. The van der Waals surface area contributed by atoms with Crippen molar-refractivity contribution in [2.24, 2.45) is 0 Å². The van der Waals surface area contributed by atoms with Gasteiger partial charge in [-0.05, 0) is 48.9 Å². The van der Waals surface area contributed by atoms with Gasteiger partial charge >= 0.3 is 5.97 Å². The van der Waals surface area contributed by atoms with Crippen molar-refractivity contribution in [3.63, 3.8) is 0 Å². The van der Waals surface area contributed by atoms with Crippen molar-refractivity contribution in [2.45, 2.75) is 31.8 Å². The van der Waals surface area contributed by atoms with Crippen LogP contribution in [0.3, 0.4) is 0 Å². The van der Waals surface area contributed by atoms with Gasteiger partial charge < -0.3 is 14.6 Å². The summed E-state index contributed by atoms with van der Waals surface area (Å²) in [6, 6.07) is 5.25. The number of aryl methyl sites for hydroxylation is 1. The molecule has 0 spiro atoms. The van der Waals surface area contributed by atoms with Gasteiger partial charge in [0.25, 0.3) is 0 Å². The van der Waals surface area contributed by atoms with Gasteiger partial charge in [0, 0.05) is 6.42 Å². The van der Waals surface area contributed by atoms with Crippen molar-refractivity contribution < 1.29 is 19.4 Å². The van der Waals surface area contributed by atoms with Crippen LogP contribution in [-0.2, 0) is 11.2 Å². The molecule has 0 radical (unpaired) electrons. The number of H-pyrrole nitrogens is 1. The lowest BCUT2D eigenvalue weighted by Crippen LogP contribution is -1.98. The normalized spacial score (nSPS) is 11.4. The molecule has 0 aliphatic rings. The summed E-state index contributed by atoms with van der Waals surface area (Å²) >= 11 is 1.00. The van der Waals surface area contributed by atoms with Crippen molar-refractivity contribution in [2.75, 3.05) is 13.7 Å². The van der Waals surface area contributed by atoms with E-state index in [2.05, 4.69) is 15.2 Å². The molecular formula is C17H21N3O4S. The van der Waals surface area contributed by atoms with Crippen LogP contribution in [0.1, 0.15) is 31.7 Å². The van der Waals surface area contributed by atoms with Crippen LogP contribution in [0.4, 0.5) is 0 Å². The minimum absolute atomic E-state index is 0.120. The molecule has 1 heterocycles. The van der Waals surface area contributed by atoms with E-state index in [0.717, 1.165) is 30.4 Å². The number of nitrogens with zero attached hydrogens (tertiary/aromatic N) is 2. The maximum Gasteiger partial charge on any atom is 0.342 e. The van der Waals surface area contributed by atoms with Crippen LogP contribution < -0.4 is 9.47 Å². The summed E-state index contributed by atoms with van der Waals surface area (Å²) < 4.78 is 10.8. The Morgan fingerprint density at radius 2 is 2.16 bits per heavy atom. The topological polar surface area (TPSA) is 97.3 Å². The number of hydrogen-bond donors (Lipinski definition) is 2. The van der Waals surface area contributed by atoms with Crippen LogP contribution in [0.25, 0.3) is 6.08 Å². The summed E-state index contributed by atoms with van der Waals surface area (Å²) in [6.45, 7) is 4.40. The monoisotopic (exact) mass is 363 g/mol. The van der Waals surface area contributed by atoms with Gasteiger partial charge in [0.1, 0.15) is 10.7 Å². The van der Waals surface area contributed by atoms with Crippen LogP contribution in [0.2, 0.25) is 0 Å². The first kappa shape index (κ1) is 18.9. The van der Waals surface area contributed by atoms with E-state index in [-0.39, 0.29) is 4.91 Å². The molecule has 8 heteroatoms. The first-order chi connectivity index (χ1) is 12.1. The van der Waals surface area contributed by atoms with Crippen LogP contribution >= 0.6 is 11.8 Å². The fourth-order valence-electron chi connectivity index (χ4n) is 2.11. The minimum atomic E-state index is -1.04. The maximum atomic E-state index is 11.6. The smallest absolute Gasteiger partial charge is 0.342 e. The number of thioether (sulfide) groups is 1. The SMILES string of the molecule is CCCc1nc(S/C(=C\c2ccc(OC)c(OCC)c2)C(=O)O)n[nH]1. The first-order valence-electron chi connectivity index (χ1n) is 7.92. The van der Waals surface area contributed by atoms with Gasteiger partial charge in [0.05, 0.1) is 13.7 Å². The average Bonchev–Trinajstić information content (AvgIpc) is 3.02. The lowest BCUT2D eigenvalue weighted by molar-refractivity contribution is -0.131.